The lowest BCUT2D eigenvalue weighted by atomic mass is 10.0. The average molecular weight is 283 g/mol. The van der Waals surface area contributed by atoms with E-state index in [0.29, 0.717) is 0 Å². The number of hydrogen-bond donors (Lipinski definition) is 1. The zero-order valence-electron chi connectivity index (χ0n) is 7.52. The molecule has 2 nitrogen and oxygen atoms in total. The Balaban J connectivity index is 3.49. The summed E-state index contributed by atoms with van der Waals surface area (Å²) in [5.74, 6) is -1.38. The van der Waals surface area contributed by atoms with Gasteiger partial charge in [0.1, 0.15) is 0 Å². The molecule has 82 valence electrons. The molecule has 0 unspecified atom stereocenters. The van der Waals surface area contributed by atoms with Crippen molar-refractivity contribution in [1.29, 1.82) is 0 Å². The summed E-state index contributed by atoms with van der Waals surface area (Å²) >= 11 is 2.84. The molecule has 1 aromatic rings. The fraction of sp³-hybridized carbons (Fsp3) is 0.222. The smallest absolute Gasteiger partial charge is 0.416 e. The van der Waals surface area contributed by atoms with E-state index in [-0.39, 0.29) is 15.6 Å². The van der Waals surface area contributed by atoms with Gasteiger partial charge < -0.3 is 5.11 Å². The van der Waals surface area contributed by atoms with Gasteiger partial charge in [0.25, 0.3) is 0 Å². The molecule has 0 spiro atoms. The van der Waals surface area contributed by atoms with Crippen LogP contribution in [0.1, 0.15) is 21.5 Å². The monoisotopic (exact) mass is 282 g/mol. The van der Waals surface area contributed by atoms with Crippen LogP contribution >= 0.6 is 15.9 Å². The van der Waals surface area contributed by atoms with Crippen molar-refractivity contribution in [1.82, 2.24) is 0 Å². The highest BCUT2D eigenvalue weighted by Crippen LogP contribution is 2.35. The third-order valence-electron chi connectivity index (χ3n) is 1.91. The van der Waals surface area contributed by atoms with Crippen LogP contribution in [-0.2, 0) is 6.18 Å². The lowest BCUT2D eigenvalue weighted by Crippen LogP contribution is -2.11. The predicted octanol–water partition coefficient (Wildman–Crippen LogP) is 3.47. The minimum Gasteiger partial charge on any atom is -0.478 e. The Kier molecular flexibility index (Phi) is 3.08. The Morgan fingerprint density at radius 3 is 2.33 bits per heavy atom. The van der Waals surface area contributed by atoms with Gasteiger partial charge in [0.15, 0.2) is 0 Å². The first-order valence-corrected chi connectivity index (χ1v) is 4.63. The normalized spacial score (nSPS) is 11.5. The molecular weight excluding hydrogens is 277 g/mol. The van der Waals surface area contributed by atoms with Crippen LogP contribution in [0.25, 0.3) is 0 Å². The van der Waals surface area contributed by atoms with E-state index in [1.54, 1.807) is 0 Å². The molecule has 1 N–H and O–H groups in total. The Morgan fingerprint density at radius 2 is 1.93 bits per heavy atom. The van der Waals surface area contributed by atoms with Crippen LogP contribution in [0.15, 0.2) is 16.6 Å². The van der Waals surface area contributed by atoms with Gasteiger partial charge in [-0.1, -0.05) is 15.9 Å². The van der Waals surface area contributed by atoms with E-state index in [1.807, 2.05) is 0 Å². The van der Waals surface area contributed by atoms with Crippen LogP contribution in [0.5, 0.6) is 0 Å². The summed E-state index contributed by atoms with van der Waals surface area (Å²) < 4.78 is 37.5. The Bertz CT molecular complexity index is 413. The molecule has 0 amide bonds. The fourth-order valence-electron chi connectivity index (χ4n) is 1.20. The highest BCUT2D eigenvalue weighted by molar-refractivity contribution is 9.10. The molecule has 0 aliphatic carbocycles. The quantitative estimate of drug-likeness (QED) is 0.856. The maximum Gasteiger partial charge on any atom is 0.416 e. The third-order valence-corrected chi connectivity index (χ3v) is 2.37. The van der Waals surface area contributed by atoms with E-state index in [0.717, 1.165) is 19.1 Å². The lowest BCUT2D eigenvalue weighted by Gasteiger charge is -2.12. The number of alkyl halides is 3. The van der Waals surface area contributed by atoms with Gasteiger partial charge in [-0.25, -0.2) is 4.79 Å². The topological polar surface area (TPSA) is 37.3 Å². The standard InChI is InChI=1S/C9H6BrF3O2/c1-4-6(8(14)15)2-5(10)3-7(4)9(11,12)13/h2-3H,1H3,(H,14,15). The third kappa shape index (κ3) is 2.50. The maximum atomic E-state index is 12.5. The molecule has 0 fully saturated rings. The van der Waals surface area contributed by atoms with Gasteiger partial charge in [0.05, 0.1) is 11.1 Å². The first kappa shape index (κ1) is 12.0. The van der Waals surface area contributed by atoms with Crippen LogP contribution in [0.4, 0.5) is 13.2 Å². The number of benzene rings is 1. The number of carbonyl (C=O) groups is 1. The summed E-state index contributed by atoms with van der Waals surface area (Å²) in [6, 6.07) is 2.01. The highest BCUT2D eigenvalue weighted by atomic mass is 79.9. The summed E-state index contributed by atoms with van der Waals surface area (Å²) in [4.78, 5) is 10.7. The maximum absolute atomic E-state index is 12.5. The number of carboxylic acids is 1. The molecule has 0 saturated carbocycles. The fourth-order valence-corrected chi connectivity index (χ4v) is 1.65. The van der Waals surface area contributed by atoms with Crippen molar-refractivity contribution in [3.05, 3.63) is 33.3 Å². The Morgan fingerprint density at radius 1 is 1.40 bits per heavy atom. The molecule has 0 aliphatic rings. The van der Waals surface area contributed by atoms with Crippen molar-refractivity contribution >= 4 is 21.9 Å². The van der Waals surface area contributed by atoms with Crippen molar-refractivity contribution in [2.24, 2.45) is 0 Å². The summed E-state index contributed by atoms with van der Waals surface area (Å²) in [6.45, 7) is 1.14. The van der Waals surface area contributed by atoms with E-state index in [4.69, 9.17) is 5.11 Å². The van der Waals surface area contributed by atoms with Crippen LogP contribution < -0.4 is 0 Å². The molecule has 1 aromatic carbocycles. The van der Waals surface area contributed by atoms with Gasteiger partial charge in [-0.3, -0.25) is 0 Å². The molecule has 0 saturated heterocycles. The minimum atomic E-state index is -4.54. The average Bonchev–Trinajstić information content (AvgIpc) is 2.06. The van der Waals surface area contributed by atoms with Crippen molar-refractivity contribution in [3.8, 4) is 0 Å². The van der Waals surface area contributed by atoms with Crippen molar-refractivity contribution in [2.75, 3.05) is 0 Å². The van der Waals surface area contributed by atoms with Crippen molar-refractivity contribution in [3.63, 3.8) is 0 Å². The van der Waals surface area contributed by atoms with Gasteiger partial charge >= 0.3 is 12.1 Å². The zero-order chi connectivity index (χ0) is 11.8. The van der Waals surface area contributed by atoms with Crippen LogP contribution in [0.3, 0.4) is 0 Å². The van der Waals surface area contributed by atoms with Gasteiger partial charge in [-0.2, -0.15) is 13.2 Å². The van der Waals surface area contributed by atoms with E-state index < -0.39 is 17.7 Å². The minimum absolute atomic E-state index is 0.0952. The van der Waals surface area contributed by atoms with Crippen molar-refractivity contribution < 1.29 is 23.1 Å². The zero-order valence-corrected chi connectivity index (χ0v) is 9.11. The molecule has 0 heterocycles. The van der Waals surface area contributed by atoms with E-state index >= 15 is 0 Å². The molecule has 15 heavy (non-hydrogen) atoms. The summed E-state index contributed by atoms with van der Waals surface area (Å²) in [5, 5.41) is 8.69. The number of aromatic carboxylic acids is 1. The van der Waals surface area contributed by atoms with Gasteiger partial charge in [-0.15, -0.1) is 0 Å². The molecule has 1 rings (SSSR count). The summed E-state index contributed by atoms with van der Waals surface area (Å²) in [5.41, 5.74) is -1.57. The van der Waals surface area contributed by atoms with E-state index in [2.05, 4.69) is 15.9 Å². The largest absolute Gasteiger partial charge is 0.478 e. The second-order valence-electron chi connectivity index (χ2n) is 2.93. The molecule has 0 bridgehead atoms. The number of carboxylic acid groups (broad SMARTS) is 1. The number of rotatable bonds is 1. The number of hydrogen-bond acceptors (Lipinski definition) is 1. The lowest BCUT2D eigenvalue weighted by molar-refractivity contribution is -0.138. The molecule has 0 radical (unpaired) electrons. The number of halogens is 4. The van der Waals surface area contributed by atoms with E-state index in [9.17, 15) is 18.0 Å². The molecule has 0 aromatic heterocycles. The SMILES string of the molecule is Cc1c(C(=O)O)cc(Br)cc1C(F)(F)F. The van der Waals surface area contributed by atoms with E-state index in [1.165, 1.54) is 0 Å². The second-order valence-corrected chi connectivity index (χ2v) is 3.84. The summed E-state index contributed by atoms with van der Waals surface area (Å²) in [7, 11) is 0. The predicted molar refractivity (Wildman–Crippen MR) is 50.8 cm³/mol. The highest BCUT2D eigenvalue weighted by Gasteiger charge is 2.34. The second kappa shape index (κ2) is 3.84. The van der Waals surface area contributed by atoms with Gasteiger partial charge in [-0.05, 0) is 24.6 Å². The Hall–Kier alpha value is -1.04. The van der Waals surface area contributed by atoms with Crippen LogP contribution in [0, 0.1) is 6.92 Å². The van der Waals surface area contributed by atoms with Gasteiger partial charge in [0, 0.05) is 4.47 Å². The Labute approximate surface area is 91.8 Å². The molecule has 0 atom stereocenters. The van der Waals surface area contributed by atoms with Crippen LogP contribution in [-0.4, -0.2) is 11.1 Å². The first-order valence-electron chi connectivity index (χ1n) is 3.84. The molecular formula is C9H6BrF3O2. The van der Waals surface area contributed by atoms with Crippen LogP contribution in [0.2, 0.25) is 0 Å². The van der Waals surface area contributed by atoms with Gasteiger partial charge in [0.2, 0.25) is 0 Å². The first-order chi connectivity index (χ1) is 6.73. The molecule has 6 heteroatoms. The summed E-state index contributed by atoms with van der Waals surface area (Å²) in [6.07, 6.45) is -4.54. The van der Waals surface area contributed by atoms with Crippen molar-refractivity contribution in [2.45, 2.75) is 13.1 Å². The molecule has 0 aliphatic heterocycles.